The number of ether oxygens (including phenoxy) is 4. The number of carbonyl (C=O) groups is 4. The Bertz CT molecular complexity index is 1680. The molecule has 0 aliphatic carbocycles. The molecule has 0 saturated heterocycles. The maximum absolute atomic E-state index is 13.0. The Hall–Kier alpha value is -1.94. The zero-order valence-corrected chi connectivity index (χ0v) is 56.9. The van der Waals surface area contributed by atoms with Crippen molar-refractivity contribution in [1.29, 1.82) is 0 Å². The van der Waals surface area contributed by atoms with Crippen LogP contribution in [0, 0.1) is 17.8 Å². The van der Waals surface area contributed by atoms with E-state index in [1.807, 2.05) is 0 Å². The summed E-state index contributed by atoms with van der Waals surface area (Å²) >= 11 is 0. The van der Waals surface area contributed by atoms with Gasteiger partial charge in [-0.15, -0.1) is 0 Å². The van der Waals surface area contributed by atoms with E-state index in [0.717, 1.165) is 108 Å². The SMILES string of the molecule is CCCCCCCCCCCCC(=O)OC[C@H](COP(=O)(O)OC[C@H](O)COP(=O)(O)OC[C@@H](COC(=O)CCCCCCCCCCC(C)C)OC(=O)CCCCCCCCCCCCCC(C)C)OC(=O)CCCCCCCCC(C)CC. The summed E-state index contributed by atoms with van der Waals surface area (Å²) in [5, 5.41) is 10.5. The first-order chi connectivity index (χ1) is 40.8. The molecule has 0 heterocycles. The van der Waals surface area contributed by atoms with Crippen LogP contribution in [0.2, 0.25) is 0 Å². The van der Waals surface area contributed by atoms with Gasteiger partial charge < -0.3 is 33.8 Å². The molecule has 0 saturated carbocycles. The van der Waals surface area contributed by atoms with Gasteiger partial charge in [-0.2, -0.15) is 0 Å². The van der Waals surface area contributed by atoms with Crippen molar-refractivity contribution < 1.29 is 80.2 Å². The van der Waals surface area contributed by atoms with Crippen molar-refractivity contribution in [3.05, 3.63) is 0 Å². The van der Waals surface area contributed by atoms with Crippen molar-refractivity contribution >= 4 is 39.5 Å². The van der Waals surface area contributed by atoms with E-state index >= 15 is 0 Å². The molecular weight excluding hydrogens is 1130 g/mol. The highest BCUT2D eigenvalue weighted by atomic mass is 31.2. The molecule has 19 heteroatoms. The Labute approximate surface area is 517 Å². The first-order valence-electron chi connectivity index (χ1n) is 34.4. The maximum Gasteiger partial charge on any atom is 0.472 e. The molecule has 6 atom stereocenters. The fraction of sp³-hybridized carbons (Fsp3) is 0.939. The van der Waals surface area contributed by atoms with Crippen molar-refractivity contribution in [2.75, 3.05) is 39.6 Å². The third kappa shape index (κ3) is 59.5. The number of rotatable bonds is 64. The van der Waals surface area contributed by atoms with Gasteiger partial charge in [-0.25, -0.2) is 9.13 Å². The molecule has 0 aliphatic rings. The summed E-state index contributed by atoms with van der Waals surface area (Å²) in [5.41, 5.74) is 0. The van der Waals surface area contributed by atoms with Gasteiger partial charge in [-0.3, -0.25) is 37.3 Å². The van der Waals surface area contributed by atoms with Crippen molar-refractivity contribution in [1.82, 2.24) is 0 Å². The fourth-order valence-electron chi connectivity index (χ4n) is 9.80. The minimum absolute atomic E-state index is 0.103. The van der Waals surface area contributed by atoms with Crippen LogP contribution >= 0.6 is 15.6 Å². The molecule has 17 nitrogen and oxygen atoms in total. The monoisotopic (exact) mass is 1250 g/mol. The third-order valence-electron chi connectivity index (χ3n) is 15.5. The van der Waals surface area contributed by atoms with E-state index in [-0.39, 0.29) is 25.7 Å². The van der Waals surface area contributed by atoms with E-state index in [4.69, 9.17) is 37.0 Å². The molecule has 0 spiro atoms. The standard InChI is InChI=1S/C66H128O17P2/c1-8-10-11-12-13-14-19-25-33-40-47-63(68)76-54-62(83-66(71)50-43-36-29-28-32-39-46-59(7)9-2)56-81-85(74,75)79-52-60(67)51-78-84(72,73)80-55-61(53-77-64(69)48-41-34-26-22-21-24-31-38-45-58(5)6)82-65(70)49-42-35-27-20-17-15-16-18-23-30-37-44-57(3)4/h57-62,67H,8-56H2,1-7H3,(H,72,73)(H,74,75)/t59?,60-,61-,62-/m1/s1. The second kappa shape index (κ2) is 57.2. The topological polar surface area (TPSA) is 237 Å². The molecule has 0 amide bonds. The molecule has 504 valence electrons. The minimum atomic E-state index is -4.95. The third-order valence-corrected chi connectivity index (χ3v) is 17.4. The summed E-state index contributed by atoms with van der Waals surface area (Å²) in [7, 11) is -9.89. The normalized spacial score (nSPS) is 14.6. The molecular formula is C66H128O17P2. The number of phosphoric acid groups is 2. The average molecular weight is 1260 g/mol. The molecule has 3 N–H and O–H groups in total. The molecule has 0 aromatic carbocycles. The van der Waals surface area contributed by atoms with Gasteiger partial charge >= 0.3 is 39.5 Å². The molecule has 0 aliphatic heterocycles. The van der Waals surface area contributed by atoms with Gasteiger partial charge in [0.15, 0.2) is 12.2 Å². The van der Waals surface area contributed by atoms with Crippen LogP contribution in [0.25, 0.3) is 0 Å². The molecule has 0 aromatic rings. The van der Waals surface area contributed by atoms with Gasteiger partial charge in [-0.1, -0.05) is 273 Å². The van der Waals surface area contributed by atoms with Crippen molar-refractivity contribution in [2.24, 2.45) is 17.8 Å². The Morgan fingerprint density at radius 1 is 0.341 bits per heavy atom. The number of unbranched alkanes of at least 4 members (excludes halogenated alkanes) is 31. The molecule has 3 unspecified atom stereocenters. The lowest BCUT2D eigenvalue weighted by molar-refractivity contribution is -0.161. The summed E-state index contributed by atoms with van der Waals surface area (Å²) in [6.45, 7) is 11.7. The van der Waals surface area contributed by atoms with Crippen LogP contribution in [-0.4, -0.2) is 96.7 Å². The molecule has 0 bridgehead atoms. The lowest BCUT2D eigenvalue weighted by Gasteiger charge is -2.21. The fourth-order valence-corrected chi connectivity index (χ4v) is 11.4. The summed E-state index contributed by atoms with van der Waals surface area (Å²) in [6, 6.07) is 0. The lowest BCUT2D eigenvalue weighted by atomic mass is 10.00. The Kier molecular flexibility index (Phi) is 55.9. The van der Waals surface area contributed by atoms with Crippen LogP contribution in [0.5, 0.6) is 0 Å². The largest absolute Gasteiger partial charge is 0.472 e. The lowest BCUT2D eigenvalue weighted by Crippen LogP contribution is -2.30. The van der Waals surface area contributed by atoms with E-state index in [1.165, 1.54) is 135 Å². The Morgan fingerprint density at radius 3 is 0.894 bits per heavy atom. The van der Waals surface area contributed by atoms with Gasteiger partial charge in [-0.05, 0) is 43.4 Å². The van der Waals surface area contributed by atoms with Crippen molar-refractivity contribution in [3.63, 3.8) is 0 Å². The second-order valence-corrected chi connectivity index (χ2v) is 28.0. The zero-order valence-electron chi connectivity index (χ0n) is 55.1. The first-order valence-corrected chi connectivity index (χ1v) is 37.4. The van der Waals surface area contributed by atoms with Gasteiger partial charge in [0.2, 0.25) is 0 Å². The van der Waals surface area contributed by atoms with Crippen LogP contribution in [-0.2, 0) is 65.4 Å². The van der Waals surface area contributed by atoms with E-state index < -0.39 is 97.5 Å². The highest BCUT2D eigenvalue weighted by molar-refractivity contribution is 7.47. The maximum atomic E-state index is 13.0. The molecule has 0 radical (unpaired) electrons. The van der Waals surface area contributed by atoms with Crippen LogP contribution in [0.3, 0.4) is 0 Å². The van der Waals surface area contributed by atoms with Gasteiger partial charge in [0, 0.05) is 25.7 Å². The summed E-state index contributed by atoms with van der Waals surface area (Å²) in [4.78, 5) is 72.3. The van der Waals surface area contributed by atoms with E-state index in [2.05, 4.69) is 48.5 Å². The number of carbonyl (C=O) groups excluding carboxylic acids is 4. The molecule has 85 heavy (non-hydrogen) atoms. The highest BCUT2D eigenvalue weighted by Crippen LogP contribution is 2.45. The Morgan fingerprint density at radius 2 is 0.600 bits per heavy atom. The number of aliphatic hydroxyl groups is 1. The van der Waals surface area contributed by atoms with Gasteiger partial charge in [0.05, 0.1) is 26.4 Å². The molecule has 0 aromatic heterocycles. The first kappa shape index (κ1) is 83.1. The summed E-state index contributed by atoms with van der Waals surface area (Å²) < 4.78 is 68.1. The smallest absolute Gasteiger partial charge is 0.462 e. The van der Waals surface area contributed by atoms with Crippen LogP contribution < -0.4 is 0 Å². The zero-order chi connectivity index (χ0) is 63.1. The number of aliphatic hydroxyl groups excluding tert-OH is 1. The van der Waals surface area contributed by atoms with Crippen molar-refractivity contribution in [3.8, 4) is 0 Å². The average Bonchev–Trinajstić information content (AvgIpc) is 3.46. The predicted octanol–water partition coefficient (Wildman–Crippen LogP) is 18.3. The number of esters is 4. The quantitative estimate of drug-likeness (QED) is 0.0222. The van der Waals surface area contributed by atoms with Crippen molar-refractivity contribution in [2.45, 2.75) is 343 Å². The van der Waals surface area contributed by atoms with Gasteiger partial charge in [0.25, 0.3) is 0 Å². The number of hydrogen-bond acceptors (Lipinski definition) is 15. The van der Waals surface area contributed by atoms with E-state index in [0.29, 0.717) is 25.7 Å². The number of phosphoric ester groups is 2. The summed E-state index contributed by atoms with van der Waals surface area (Å²) in [5.74, 6) is 0.0766. The van der Waals surface area contributed by atoms with Crippen LogP contribution in [0.15, 0.2) is 0 Å². The molecule has 0 rings (SSSR count). The highest BCUT2D eigenvalue weighted by Gasteiger charge is 2.30. The second-order valence-electron chi connectivity index (χ2n) is 25.1. The van der Waals surface area contributed by atoms with Crippen LogP contribution in [0.1, 0.15) is 325 Å². The van der Waals surface area contributed by atoms with Crippen LogP contribution in [0.4, 0.5) is 0 Å². The van der Waals surface area contributed by atoms with Gasteiger partial charge in [0.1, 0.15) is 19.3 Å². The summed E-state index contributed by atoms with van der Waals surface area (Å²) in [6.07, 6.45) is 38.9. The predicted molar refractivity (Wildman–Crippen MR) is 340 cm³/mol. The van der Waals surface area contributed by atoms with E-state index in [1.54, 1.807) is 0 Å². The molecule has 0 fully saturated rings. The number of hydrogen-bond donors (Lipinski definition) is 3. The minimum Gasteiger partial charge on any atom is -0.462 e. The Balaban J connectivity index is 5.25. The van der Waals surface area contributed by atoms with E-state index in [9.17, 15) is 43.2 Å².